The quantitative estimate of drug-likeness (QED) is 0.278. The molecule has 0 aliphatic heterocycles. The van der Waals surface area contributed by atoms with Crippen LogP contribution >= 0.6 is 0 Å². The molecule has 1 N–H and O–H groups in total. The number of carbonyl (C=O) groups excluding carboxylic acids is 1. The van der Waals surface area contributed by atoms with E-state index in [0.29, 0.717) is 6.26 Å². The molecule has 0 atom stereocenters. The van der Waals surface area contributed by atoms with Gasteiger partial charge in [0.05, 0.1) is 0 Å². The van der Waals surface area contributed by atoms with Crippen LogP contribution in [0.2, 0.25) is 0 Å². The maximum absolute atomic E-state index is 10.9. The van der Waals surface area contributed by atoms with E-state index in [-0.39, 0.29) is 0 Å². The second kappa shape index (κ2) is 3.77. The predicted octanol–water partition coefficient (Wildman–Crippen LogP) is 1.29. The fraction of sp³-hybridized carbons (Fsp3) is 0.500. The fourth-order valence-corrected chi connectivity index (χ4v) is 0.460. The van der Waals surface area contributed by atoms with Crippen molar-refractivity contribution >= 4 is 5.97 Å². The van der Waals surface area contributed by atoms with Gasteiger partial charge in [0.25, 0.3) is 0 Å². The summed E-state index contributed by atoms with van der Waals surface area (Å²) in [5.41, 5.74) is -1.05. The van der Waals surface area contributed by atoms with Crippen LogP contribution in [0.5, 0.6) is 0 Å². The second-order valence-corrected chi connectivity index (χ2v) is 3.16. The minimum Gasteiger partial charge on any atom is -0.514 e. The van der Waals surface area contributed by atoms with Gasteiger partial charge in [-0.05, 0) is 20.8 Å². The van der Waals surface area contributed by atoms with E-state index in [2.05, 4.69) is 0 Å². The van der Waals surface area contributed by atoms with Crippen LogP contribution in [0.15, 0.2) is 11.8 Å². The molecule has 0 fully saturated rings. The van der Waals surface area contributed by atoms with Gasteiger partial charge < -0.3 is 9.84 Å². The van der Waals surface area contributed by atoms with Crippen LogP contribution < -0.4 is 0 Å². The lowest BCUT2D eigenvalue weighted by Crippen LogP contribution is -2.24. The Hall–Kier alpha value is -1.50. The molecule has 0 rings (SSSR count). The molecule has 4 nitrogen and oxygen atoms in total. The Morgan fingerprint density at radius 1 is 1.58 bits per heavy atom. The van der Waals surface area contributed by atoms with Gasteiger partial charge in [0.1, 0.15) is 17.9 Å². The number of ether oxygens (including phenoxy) is 1. The van der Waals surface area contributed by atoms with E-state index < -0.39 is 17.1 Å². The molecule has 0 amide bonds. The molecular weight excluding hydrogens is 158 g/mol. The third-order valence-electron chi connectivity index (χ3n) is 0.868. The van der Waals surface area contributed by atoms with Crippen molar-refractivity contribution in [2.24, 2.45) is 0 Å². The number of carbonyl (C=O) groups is 1. The minimum absolute atomic E-state index is 0.398. The van der Waals surface area contributed by atoms with Gasteiger partial charge in [-0.3, -0.25) is 0 Å². The molecule has 12 heavy (non-hydrogen) atoms. The van der Waals surface area contributed by atoms with Gasteiger partial charge in [-0.15, -0.1) is 0 Å². The Bertz CT molecular complexity index is 242. The van der Waals surface area contributed by atoms with Crippen molar-refractivity contribution in [3.63, 3.8) is 0 Å². The molecule has 0 aromatic heterocycles. The first-order valence-corrected chi connectivity index (χ1v) is 3.38. The highest BCUT2D eigenvalue weighted by Gasteiger charge is 2.19. The lowest BCUT2D eigenvalue weighted by molar-refractivity contribution is -0.149. The van der Waals surface area contributed by atoms with Crippen molar-refractivity contribution in [3.8, 4) is 6.07 Å². The minimum atomic E-state index is -0.813. The van der Waals surface area contributed by atoms with Gasteiger partial charge in [-0.2, -0.15) is 5.26 Å². The number of hydrogen-bond acceptors (Lipinski definition) is 4. The van der Waals surface area contributed by atoms with Gasteiger partial charge in [-0.25, -0.2) is 4.79 Å². The Labute approximate surface area is 71.1 Å². The monoisotopic (exact) mass is 169 g/mol. The fourth-order valence-electron chi connectivity index (χ4n) is 0.460. The molecule has 4 heteroatoms. The smallest absolute Gasteiger partial charge is 0.352 e. The van der Waals surface area contributed by atoms with Crippen LogP contribution in [-0.4, -0.2) is 16.7 Å². The van der Waals surface area contributed by atoms with E-state index in [1.807, 2.05) is 0 Å². The topological polar surface area (TPSA) is 70.3 Å². The lowest BCUT2D eigenvalue weighted by Gasteiger charge is -2.18. The summed E-state index contributed by atoms with van der Waals surface area (Å²) in [5, 5.41) is 16.7. The maximum Gasteiger partial charge on any atom is 0.352 e. The zero-order valence-corrected chi connectivity index (χ0v) is 7.29. The zero-order chi connectivity index (χ0) is 9.78. The zero-order valence-electron chi connectivity index (χ0n) is 7.29. The average molecular weight is 169 g/mol. The number of aliphatic hydroxyl groups is 1. The molecule has 0 radical (unpaired) electrons. The van der Waals surface area contributed by atoms with E-state index in [1.54, 1.807) is 20.8 Å². The maximum atomic E-state index is 10.9. The molecule has 0 bridgehead atoms. The first-order chi connectivity index (χ1) is 5.40. The predicted molar refractivity (Wildman–Crippen MR) is 42.2 cm³/mol. The van der Waals surface area contributed by atoms with E-state index >= 15 is 0 Å². The summed E-state index contributed by atoms with van der Waals surface area (Å²) in [6.45, 7) is 5.03. The lowest BCUT2D eigenvalue weighted by atomic mass is 10.2. The van der Waals surface area contributed by atoms with Gasteiger partial charge in [0, 0.05) is 0 Å². The molecule has 0 heterocycles. The Morgan fingerprint density at radius 3 is 2.33 bits per heavy atom. The molecule has 0 unspecified atom stereocenters. The summed E-state index contributed by atoms with van der Waals surface area (Å²) in [6.07, 6.45) is 0.439. The van der Waals surface area contributed by atoms with E-state index in [4.69, 9.17) is 15.1 Å². The highest BCUT2D eigenvalue weighted by atomic mass is 16.6. The number of nitrogens with zero attached hydrogens (tertiary/aromatic N) is 1. The summed E-state index contributed by atoms with van der Waals surface area (Å²) in [7, 11) is 0. The first-order valence-electron chi connectivity index (χ1n) is 3.38. The van der Waals surface area contributed by atoms with Gasteiger partial charge in [0.2, 0.25) is 0 Å². The Balaban J connectivity index is 4.36. The highest BCUT2D eigenvalue weighted by Crippen LogP contribution is 2.09. The van der Waals surface area contributed by atoms with Crippen molar-refractivity contribution < 1.29 is 14.6 Å². The van der Waals surface area contributed by atoms with Crippen LogP contribution in [0.25, 0.3) is 0 Å². The molecular formula is C8H11NO3. The van der Waals surface area contributed by atoms with Gasteiger partial charge in [0.15, 0.2) is 5.57 Å². The molecule has 66 valence electrons. The molecule has 0 aromatic carbocycles. The van der Waals surface area contributed by atoms with Gasteiger partial charge >= 0.3 is 5.97 Å². The largest absolute Gasteiger partial charge is 0.514 e. The standard InChI is InChI=1S/C8H11NO3/c1-8(2,3)12-7(11)6(4-9)5-10/h5,10H,1-3H3. The molecule has 0 saturated carbocycles. The van der Waals surface area contributed by atoms with Crippen LogP contribution in [0.4, 0.5) is 0 Å². The molecule has 0 spiro atoms. The summed E-state index contributed by atoms with van der Waals surface area (Å²) in [5.74, 6) is -0.813. The number of hydrogen-bond donors (Lipinski definition) is 1. The van der Waals surface area contributed by atoms with E-state index in [9.17, 15) is 4.79 Å². The third kappa shape index (κ3) is 3.62. The second-order valence-electron chi connectivity index (χ2n) is 3.16. The summed E-state index contributed by atoms with van der Waals surface area (Å²) in [6, 6.07) is 1.51. The summed E-state index contributed by atoms with van der Waals surface area (Å²) in [4.78, 5) is 10.9. The van der Waals surface area contributed by atoms with Crippen molar-refractivity contribution in [3.05, 3.63) is 11.8 Å². The van der Waals surface area contributed by atoms with Crippen molar-refractivity contribution in [2.75, 3.05) is 0 Å². The summed E-state index contributed by atoms with van der Waals surface area (Å²) < 4.78 is 4.79. The van der Waals surface area contributed by atoms with E-state index in [0.717, 1.165) is 0 Å². The molecule has 0 aromatic rings. The number of aliphatic hydroxyl groups excluding tert-OH is 1. The van der Waals surface area contributed by atoms with Crippen LogP contribution in [-0.2, 0) is 9.53 Å². The average Bonchev–Trinajstić information content (AvgIpc) is 1.85. The van der Waals surface area contributed by atoms with Crippen LogP contribution in [0, 0.1) is 11.3 Å². The van der Waals surface area contributed by atoms with Crippen molar-refractivity contribution in [1.82, 2.24) is 0 Å². The van der Waals surface area contributed by atoms with Crippen LogP contribution in [0.3, 0.4) is 0 Å². The first kappa shape index (κ1) is 10.5. The van der Waals surface area contributed by atoms with Gasteiger partial charge in [-0.1, -0.05) is 0 Å². The van der Waals surface area contributed by atoms with Crippen molar-refractivity contribution in [1.29, 1.82) is 5.26 Å². The van der Waals surface area contributed by atoms with Crippen LogP contribution in [0.1, 0.15) is 20.8 Å². The molecule has 0 saturated heterocycles. The SMILES string of the molecule is CC(C)(C)OC(=O)C(C#N)=CO. The van der Waals surface area contributed by atoms with E-state index in [1.165, 1.54) is 6.07 Å². The Morgan fingerprint density at radius 2 is 2.08 bits per heavy atom. The normalized spacial score (nSPS) is 12.0. The molecule has 0 aliphatic rings. The Kier molecular flexibility index (Phi) is 3.30. The number of nitriles is 1. The highest BCUT2D eigenvalue weighted by molar-refractivity contribution is 5.92. The molecule has 0 aliphatic carbocycles. The third-order valence-corrected chi connectivity index (χ3v) is 0.868. The number of rotatable bonds is 1. The van der Waals surface area contributed by atoms with Crippen molar-refractivity contribution in [2.45, 2.75) is 26.4 Å². The summed E-state index contributed by atoms with van der Waals surface area (Å²) >= 11 is 0. The number of esters is 1.